The van der Waals surface area contributed by atoms with Crippen LogP contribution in [0.25, 0.3) is 0 Å². The number of amides is 2. The van der Waals surface area contributed by atoms with Gasteiger partial charge in [0.15, 0.2) is 0 Å². The molecule has 5 nitrogen and oxygen atoms in total. The predicted octanol–water partition coefficient (Wildman–Crippen LogP) is 2.11. The van der Waals surface area contributed by atoms with Gasteiger partial charge in [-0.15, -0.1) is 0 Å². The third-order valence-electron chi connectivity index (χ3n) is 2.87. The van der Waals surface area contributed by atoms with Gasteiger partial charge >= 0.3 is 0 Å². The molecule has 1 rings (SSSR count). The Kier molecular flexibility index (Phi) is 7.93. The molecule has 0 unspecified atom stereocenters. The van der Waals surface area contributed by atoms with Gasteiger partial charge in [0, 0.05) is 17.4 Å². The van der Waals surface area contributed by atoms with Crippen LogP contribution in [0.4, 0.5) is 0 Å². The molecule has 5 heteroatoms. The maximum atomic E-state index is 11.3. The number of nitrogens with one attached hydrogen (secondary N) is 2. The van der Waals surface area contributed by atoms with E-state index in [1.54, 1.807) is 0 Å². The normalized spacial score (nSPS) is 15.4. The Morgan fingerprint density at radius 3 is 1.76 bits per heavy atom. The lowest BCUT2D eigenvalue weighted by molar-refractivity contribution is -0.132. The molecule has 1 heterocycles. The van der Waals surface area contributed by atoms with Gasteiger partial charge in [0.25, 0.3) is 0 Å². The third kappa shape index (κ3) is 8.71. The average molecular weight is 300 g/mol. The largest absolute Gasteiger partial charge is 0.377 e. The number of carbonyl (C=O) groups excluding carboxylic acids is 2. The highest BCUT2D eigenvalue weighted by atomic mass is 16.5. The zero-order valence-electron chi connectivity index (χ0n) is 14.6. The summed E-state index contributed by atoms with van der Waals surface area (Å²) in [6.45, 7) is 15.6. The molecule has 0 aromatic carbocycles. The maximum absolute atomic E-state index is 11.3. The van der Waals surface area contributed by atoms with E-state index in [-0.39, 0.29) is 28.7 Å². The number of hydrogen-bond donors (Lipinski definition) is 2. The molecule has 1 aliphatic rings. The van der Waals surface area contributed by atoms with Crippen LogP contribution in [-0.2, 0) is 14.3 Å². The second-order valence-corrected chi connectivity index (χ2v) is 7.46. The summed E-state index contributed by atoms with van der Waals surface area (Å²) in [6, 6.07) is 0.252. The van der Waals surface area contributed by atoms with E-state index >= 15 is 0 Å². The Morgan fingerprint density at radius 1 is 1.00 bits per heavy atom. The van der Waals surface area contributed by atoms with Gasteiger partial charge in [-0.1, -0.05) is 48.5 Å². The van der Waals surface area contributed by atoms with Crippen molar-refractivity contribution in [3.63, 3.8) is 0 Å². The van der Waals surface area contributed by atoms with Crippen LogP contribution in [0.1, 0.15) is 54.9 Å². The summed E-state index contributed by atoms with van der Waals surface area (Å²) in [6.07, 6.45) is 1.00. The maximum Gasteiger partial charge on any atom is 0.225 e. The molecule has 2 amide bonds. The second-order valence-electron chi connectivity index (χ2n) is 7.46. The van der Waals surface area contributed by atoms with Gasteiger partial charge in [-0.3, -0.25) is 9.59 Å². The first-order valence-electron chi connectivity index (χ1n) is 7.65. The number of ether oxygens (including phenoxy) is 1. The van der Waals surface area contributed by atoms with Crippen LogP contribution in [0, 0.1) is 10.8 Å². The van der Waals surface area contributed by atoms with E-state index in [0.717, 1.165) is 13.0 Å². The van der Waals surface area contributed by atoms with Crippen molar-refractivity contribution >= 4 is 11.8 Å². The van der Waals surface area contributed by atoms with Crippen molar-refractivity contribution < 1.29 is 14.3 Å². The fourth-order valence-corrected chi connectivity index (χ4v) is 1.22. The van der Waals surface area contributed by atoms with Crippen molar-refractivity contribution in [2.75, 3.05) is 19.8 Å². The lowest BCUT2D eigenvalue weighted by Crippen LogP contribution is -2.51. The number of rotatable bonds is 3. The quantitative estimate of drug-likeness (QED) is 0.839. The summed E-state index contributed by atoms with van der Waals surface area (Å²) < 4.78 is 4.93. The minimum Gasteiger partial charge on any atom is -0.377 e. The molecule has 0 radical (unpaired) electrons. The summed E-state index contributed by atoms with van der Waals surface area (Å²) in [5, 5.41) is 5.73. The molecule has 0 aliphatic carbocycles. The predicted molar refractivity (Wildman–Crippen MR) is 85.0 cm³/mol. The lowest BCUT2D eigenvalue weighted by atomic mass is 9.95. The fraction of sp³-hybridized carbons (Fsp3) is 0.875. The minimum atomic E-state index is -0.282. The lowest BCUT2D eigenvalue weighted by Gasteiger charge is -2.29. The zero-order chi connectivity index (χ0) is 16.7. The monoisotopic (exact) mass is 300 g/mol. The van der Waals surface area contributed by atoms with Crippen molar-refractivity contribution in [3.05, 3.63) is 0 Å². The molecule has 124 valence electrons. The third-order valence-corrected chi connectivity index (χ3v) is 2.87. The Balaban J connectivity index is 0.000000384. The molecular formula is C16H32N2O3. The summed E-state index contributed by atoms with van der Waals surface area (Å²) in [5.41, 5.74) is -0.523. The van der Waals surface area contributed by atoms with Gasteiger partial charge in [0.1, 0.15) is 0 Å². The summed E-state index contributed by atoms with van der Waals surface area (Å²) in [5.74, 6) is 0.236. The molecular weight excluding hydrogens is 268 g/mol. The Hall–Kier alpha value is -1.10. The van der Waals surface area contributed by atoms with Crippen LogP contribution < -0.4 is 10.6 Å². The van der Waals surface area contributed by atoms with E-state index in [1.165, 1.54) is 0 Å². The number of hydrogen-bond acceptors (Lipinski definition) is 3. The fourth-order valence-electron chi connectivity index (χ4n) is 1.22. The molecule has 0 spiro atoms. The summed E-state index contributed by atoms with van der Waals surface area (Å²) in [7, 11) is 0. The molecule has 0 aromatic heterocycles. The van der Waals surface area contributed by atoms with Crippen LogP contribution in [0.2, 0.25) is 0 Å². The van der Waals surface area contributed by atoms with E-state index < -0.39 is 0 Å². The van der Waals surface area contributed by atoms with Crippen molar-refractivity contribution in [1.82, 2.24) is 10.6 Å². The van der Waals surface area contributed by atoms with Crippen LogP contribution in [0.3, 0.4) is 0 Å². The number of carbonyl (C=O) groups is 2. The molecule has 1 aliphatic heterocycles. The van der Waals surface area contributed by atoms with E-state index in [4.69, 9.17) is 4.74 Å². The van der Waals surface area contributed by atoms with Crippen molar-refractivity contribution in [2.24, 2.45) is 10.8 Å². The van der Waals surface area contributed by atoms with Gasteiger partial charge in [0.05, 0.1) is 19.3 Å². The Bertz CT molecular complexity index is 336. The molecule has 0 aromatic rings. The highest BCUT2D eigenvalue weighted by Gasteiger charge is 2.27. The SMILES string of the molecule is CC(C)(C)C(=O)NC1COC1.CCCNC(=O)C(C)(C)C. The van der Waals surface area contributed by atoms with Crippen molar-refractivity contribution in [1.29, 1.82) is 0 Å². The topological polar surface area (TPSA) is 67.4 Å². The minimum absolute atomic E-state index is 0.103. The van der Waals surface area contributed by atoms with E-state index in [1.807, 2.05) is 48.5 Å². The van der Waals surface area contributed by atoms with Crippen LogP contribution in [-0.4, -0.2) is 37.6 Å². The summed E-state index contributed by atoms with van der Waals surface area (Å²) in [4.78, 5) is 22.4. The van der Waals surface area contributed by atoms with Crippen molar-refractivity contribution in [2.45, 2.75) is 60.9 Å². The first-order chi connectivity index (χ1) is 9.48. The van der Waals surface area contributed by atoms with Gasteiger partial charge in [-0.05, 0) is 6.42 Å². The van der Waals surface area contributed by atoms with Crippen LogP contribution in [0.5, 0.6) is 0 Å². The first kappa shape index (κ1) is 19.9. The standard InChI is InChI=1S/C8H15NO2.C8H17NO/c1-8(2,3)7(10)9-6-4-11-5-6;1-5-6-9-7(10)8(2,3)4/h6H,4-5H2,1-3H3,(H,9,10);5-6H2,1-4H3,(H,9,10). The highest BCUT2D eigenvalue weighted by Crippen LogP contribution is 2.14. The molecule has 0 bridgehead atoms. The molecule has 1 fully saturated rings. The van der Waals surface area contributed by atoms with Crippen LogP contribution >= 0.6 is 0 Å². The Morgan fingerprint density at radius 2 is 1.48 bits per heavy atom. The van der Waals surface area contributed by atoms with Crippen LogP contribution in [0.15, 0.2) is 0 Å². The molecule has 0 saturated carbocycles. The smallest absolute Gasteiger partial charge is 0.225 e. The van der Waals surface area contributed by atoms with Gasteiger partial charge < -0.3 is 15.4 Å². The molecule has 2 N–H and O–H groups in total. The van der Waals surface area contributed by atoms with Gasteiger partial charge in [0.2, 0.25) is 11.8 Å². The van der Waals surface area contributed by atoms with Gasteiger partial charge in [-0.25, -0.2) is 0 Å². The van der Waals surface area contributed by atoms with E-state index in [9.17, 15) is 9.59 Å². The average Bonchev–Trinajstić information content (AvgIpc) is 2.28. The van der Waals surface area contributed by atoms with E-state index in [2.05, 4.69) is 10.6 Å². The highest BCUT2D eigenvalue weighted by molar-refractivity contribution is 5.81. The molecule has 0 atom stereocenters. The van der Waals surface area contributed by atoms with Crippen molar-refractivity contribution in [3.8, 4) is 0 Å². The zero-order valence-corrected chi connectivity index (χ0v) is 14.6. The second kappa shape index (κ2) is 8.37. The summed E-state index contributed by atoms with van der Waals surface area (Å²) >= 11 is 0. The molecule has 21 heavy (non-hydrogen) atoms. The first-order valence-corrected chi connectivity index (χ1v) is 7.65. The molecule has 1 saturated heterocycles. The Labute approximate surface area is 129 Å². The van der Waals surface area contributed by atoms with Gasteiger partial charge in [-0.2, -0.15) is 0 Å². The van der Waals surface area contributed by atoms with E-state index in [0.29, 0.717) is 13.2 Å².